The van der Waals surface area contributed by atoms with Gasteiger partial charge in [0.25, 0.3) is 11.1 Å². The number of halogens is 3. The van der Waals surface area contributed by atoms with Crippen LogP contribution < -0.4 is 11.1 Å². The standard InChI is InChI=1S/C16H11F3N2O2/c17-16(18,19)12-4-1-3-11(9-12)10-20-7-8-21-13(15(20)23)5-2-6-14(21)22/h1-9H,10H2. The molecule has 0 spiro atoms. The summed E-state index contributed by atoms with van der Waals surface area (Å²) in [6.07, 6.45) is -1.62. The third-order valence-corrected chi connectivity index (χ3v) is 3.47. The summed E-state index contributed by atoms with van der Waals surface area (Å²) in [5.41, 5.74) is -1.02. The second-order valence-electron chi connectivity index (χ2n) is 5.05. The molecule has 7 heteroatoms. The molecule has 0 unspecified atom stereocenters. The molecule has 0 radical (unpaired) electrons. The van der Waals surface area contributed by atoms with Crippen molar-refractivity contribution in [2.45, 2.75) is 12.7 Å². The summed E-state index contributed by atoms with van der Waals surface area (Å²) in [7, 11) is 0. The summed E-state index contributed by atoms with van der Waals surface area (Å²) in [4.78, 5) is 24.0. The van der Waals surface area contributed by atoms with Crippen LogP contribution in [0.2, 0.25) is 0 Å². The number of pyridine rings is 1. The van der Waals surface area contributed by atoms with E-state index in [-0.39, 0.29) is 17.6 Å². The quantitative estimate of drug-likeness (QED) is 0.728. The molecule has 118 valence electrons. The van der Waals surface area contributed by atoms with E-state index in [2.05, 4.69) is 0 Å². The van der Waals surface area contributed by atoms with Gasteiger partial charge in [0.05, 0.1) is 12.1 Å². The van der Waals surface area contributed by atoms with Gasteiger partial charge in [0, 0.05) is 18.5 Å². The first kappa shape index (κ1) is 15.1. The van der Waals surface area contributed by atoms with Crippen LogP contribution in [0.25, 0.3) is 5.52 Å². The fraction of sp³-hybridized carbons (Fsp3) is 0.125. The van der Waals surface area contributed by atoms with E-state index in [1.165, 1.54) is 51.7 Å². The third-order valence-electron chi connectivity index (χ3n) is 3.47. The molecule has 3 aromatic rings. The molecule has 0 aliphatic carbocycles. The van der Waals surface area contributed by atoms with Crippen molar-refractivity contribution >= 4 is 5.52 Å². The number of benzene rings is 1. The van der Waals surface area contributed by atoms with Crippen molar-refractivity contribution in [2.75, 3.05) is 0 Å². The van der Waals surface area contributed by atoms with Gasteiger partial charge in [-0.1, -0.05) is 18.2 Å². The number of aromatic nitrogens is 2. The normalized spacial score (nSPS) is 11.8. The predicted octanol–water partition coefficient (Wildman–Crippen LogP) is 2.53. The van der Waals surface area contributed by atoms with E-state index < -0.39 is 17.3 Å². The maximum atomic E-state index is 12.7. The average molecular weight is 320 g/mol. The van der Waals surface area contributed by atoms with E-state index in [1.807, 2.05) is 0 Å². The zero-order chi connectivity index (χ0) is 16.6. The fourth-order valence-corrected chi connectivity index (χ4v) is 2.36. The number of hydrogen-bond donors (Lipinski definition) is 0. The lowest BCUT2D eigenvalue weighted by molar-refractivity contribution is -0.137. The highest BCUT2D eigenvalue weighted by molar-refractivity contribution is 5.43. The lowest BCUT2D eigenvalue weighted by Gasteiger charge is -2.11. The maximum Gasteiger partial charge on any atom is 0.416 e. The van der Waals surface area contributed by atoms with Crippen LogP contribution >= 0.6 is 0 Å². The zero-order valence-electron chi connectivity index (χ0n) is 11.7. The first-order chi connectivity index (χ1) is 10.9. The molecule has 0 saturated heterocycles. The van der Waals surface area contributed by atoms with Crippen molar-refractivity contribution in [1.82, 2.24) is 8.97 Å². The van der Waals surface area contributed by atoms with Crippen molar-refractivity contribution in [3.05, 3.63) is 86.7 Å². The van der Waals surface area contributed by atoms with Gasteiger partial charge in [-0.15, -0.1) is 0 Å². The summed E-state index contributed by atoms with van der Waals surface area (Å²) >= 11 is 0. The van der Waals surface area contributed by atoms with Crippen molar-refractivity contribution in [2.24, 2.45) is 0 Å². The molecule has 0 bridgehead atoms. The Morgan fingerprint density at radius 1 is 0.957 bits per heavy atom. The van der Waals surface area contributed by atoms with Gasteiger partial charge >= 0.3 is 6.18 Å². The van der Waals surface area contributed by atoms with Crippen molar-refractivity contribution in [1.29, 1.82) is 0 Å². The van der Waals surface area contributed by atoms with Crippen LogP contribution in [0.3, 0.4) is 0 Å². The topological polar surface area (TPSA) is 43.5 Å². The molecule has 0 N–H and O–H groups in total. The molecular formula is C16H11F3N2O2. The van der Waals surface area contributed by atoms with Crippen LogP contribution in [-0.2, 0) is 12.7 Å². The van der Waals surface area contributed by atoms with E-state index in [9.17, 15) is 22.8 Å². The summed E-state index contributed by atoms with van der Waals surface area (Å²) in [6.45, 7) is -0.0116. The van der Waals surface area contributed by atoms with E-state index in [1.54, 1.807) is 0 Å². The molecule has 0 atom stereocenters. The lowest BCUT2D eigenvalue weighted by Crippen LogP contribution is -2.26. The van der Waals surface area contributed by atoms with E-state index in [0.717, 1.165) is 12.1 Å². The van der Waals surface area contributed by atoms with Gasteiger partial charge in [0.1, 0.15) is 5.52 Å². The Hall–Kier alpha value is -2.83. The minimum absolute atomic E-state index is 0.0116. The second-order valence-corrected chi connectivity index (χ2v) is 5.05. The Labute approximate surface area is 128 Å². The van der Waals surface area contributed by atoms with Gasteiger partial charge in [0.2, 0.25) is 0 Å². The molecule has 2 aromatic heterocycles. The SMILES string of the molecule is O=c1c2cccc(=O)n2ccn1Cc1cccc(C(F)(F)F)c1. The first-order valence-corrected chi connectivity index (χ1v) is 6.73. The van der Waals surface area contributed by atoms with Gasteiger partial charge in [-0.3, -0.25) is 14.0 Å². The third kappa shape index (κ3) is 2.90. The smallest absolute Gasteiger partial charge is 0.308 e. The highest BCUT2D eigenvalue weighted by Crippen LogP contribution is 2.29. The minimum atomic E-state index is -4.43. The van der Waals surface area contributed by atoms with Crippen LogP contribution in [0.4, 0.5) is 13.2 Å². The number of hydrogen-bond acceptors (Lipinski definition) is 2. The minimum Gasteiger partial charge on any atom is -0.308 e. The second kappa shape index (κ2) is 5.42. The van der Waals surface area contributed by atoms with Gasteiger partial charge < -0.3 is 4.57 Å². The molecule has 0 aliphatic rings. The number of nitrogens with zero attached hydrogens (tertiary/aromatic N) is 2. The molecular weight excluding hydrogens is 309 g/mol. The van der Waals surface area contributed by atoms with Gasteiger partial charge in [0.15, 0.2) is 0 Å². The molecule has 0 amide bonds. The Bertz CT molecular complexity index is 987. The molecule has 0 aliphatic heterocycles. The van der Waals surface area contributed by atoms with Crippen molar-refractivity contribution < 1.29 is 13.2 Å². The summed E-state index contributed by atoms with van der Waals surface area (Å²) in [6, 6.07) is 9.08. The van der Waals surface area contributed by atoms with Crippen LogP contribution in [0.5, 0.6) is 0 Å². The number of fused-ring (bicyclic) bond motifs is 1. The molecule has 3 rings (SSSR count). The maximum absolute atomic E-state index is 12.7. The molecule has 1 aromatic carbocycles. The highest BCUT2D eigenvalue weighted by Gasteiger charge is 2.30. The summed E-state index contributed by atoms with van der Waals surface area (Å²) in [5.74, 6) is 0. The Balaban J connectivity index is 2.05. The zero-order valence-corrected chi connectivity index (χ0v) is 11.7. The summed E-state index contributed by atoms with van der Waals surface area (Å²) < 4.78 is 40.7. The Kier molecular flexibility index (Phi) is 3.55. The van der Waals surface area contributed by atoms with E-state index in [0.29, 0.717) is 5.56 Å². The molecule has 0 saturated carbocycles. The fourth-order valence-electron chi connectivity index (χ4n) is 2.36. The van der Waals surface area contributed by atoms with E-state index >= 15 is 0 Å². The van der Waals surface area contributed by atoms with Crippen LogP contribution in [-0.4, -0.2) is 8.97 Å². The van der Waals surface area contributed by atoms with Crippen LogP contribution in [0.15, 0.2) is 64.4 Å². The summed E-state index contributed by atoms with van der Waals surface area (Å²) in [5, 5.41) is 0. The average Bonchev–Trinajstić information content (AvgIpc) is 2.50. The van der Waals surface area contributed by atoms with Gasteiger partial charge in [-0.2, -0.15) is 13.2 Å². The van der Waals surface area contributed by atoms with Gasteiger partial charge in [-0.25, -0.2) is 0 Å². The van der Waals surface area contributed by atoms with E-state index in [4.69, 9.17) is 0 Å². The Morgan fingerprint density at radius 3 is 2.43 bits per heavy atom. The largest absolute Gasteiger partial charge is 0.416 e. The molecule has 4 nitrogen and oxygen atoms in total. The molecule has 2 heterocycles. The van der Waals surface area contributed by atoms with Crippen LogP contribution in [0.1, 0.15) is 11.1 Å². The predicted molar refractivity (Wildman–Crippen MR) is 78.5 cm³/mol. The molecule has 0 fully saturated rings. The lowest BCUT2D eigenvalue weighted by atomic mass is 10.1. The van der Waals surface area contributed by atoms with Gasteiger partial charge in [-0.05, 0) is 23.8 Å². The highest BCUT2D eigenvalue weighted by atomic mass is 19.4. The Morgan fingerprint density at radius 2 is 1.70 bits per heavy atom. The first-order valence-electron chi connectivity index (χ1n) is 6.73. The monoisotopic (exact) mass is 320 g/mol. The number of rotatable bonds is 2. The number of alkyl halides is 3. The van der Waals surface area contributed by atoms with Crippen molar-refractivity contribution in [3.8, 4) is 0 Å². The van der Waals surface area contributed by atoms with Crippen LogP contribution in [0, 0.1) is 0 Å². The van der Waals surface area contributed by atoms with Crippen molar-refractivity contribution in [3.63, 3.8) is 0 Å². The molecule has 23 heavy (non-hydrogen) atoms.